The first kappa shape index (κ1) is 68.8. The maximum Gasteiger partial charge on any atom is 0.306 e. The molecule has 414 valence electrons. The molecule has 0 aromatic carbocycles. The lowest BCUT2D eigenvalue weighted by Crippen LogP contribution is -2.30. The fraction of sp³-hybridized carbons (Fsp3) is 0.657. The second-order valence-corrected chi connectivity index (χ2v) is 19.5. The molecule has 73 heavy (non-hydrogen) atoms. The van der Waals surface area contributed by atoms with Crippen LogP contribution in [0.15, 0.2) is 122 Å². The Hall–Kier alpha value is -4.19. The van der Waals surface area contributed by atoms with Gasteiger partial charge in [-0.05, 0) is 135 Å². The van der Waals surface area contributed by atoms with Gasteiger partial charge in [0.15, 0.2) is 6.10 Å². The molecule has 0 fully saturated rings. The molecule has 0 aliphatic heterocycles. The lowest BCUT2D eigenvalue weighted by Gasteiger charge is -2.18. The molecule has 0 saturated carbocycles. The molecule has 0 aromatic heterocycles. The number of ether oxygens (including phenoxy) is 3. The molecule has 0 amide bonds. The first-order valence-electron chi connectivity index (χ1n) is 30.0. The molecule has 0 N–H and O–H groups in total. The number of unbranched alkanes of at least 4 members (excludes halogenated alkanes) is 22. The number of esters is 3. The van der Waals surface area contributed by atoms with E-state index in [0.717, 1.165) is 141 Å². The van der Waals surface area contributed by atoms with E-state index in [4.69, 9.17) is 14.2 Å². The van der Waals surface area contributed by atoms with E-state index >= 15 is 0 Å². The van der Waals surface area contributed by atoms with Crippen LogP contribution in [0.25, 0.3) is 0 Å². The average Bonchev–Trinajstić information content (AvgIpc) is 3.39. The van der Waals surface area contributed by atoms with Gasteiger partial charge in [-0.1, -0.05) is 232 Å². The Kier molecular flexibility index (Phi) is 56.9. The van der Waals surface area contributed by atoms with E-state index in [2.05, 4.69) is 142 Å². The van der Waals surface area contributed by atoms with Crippen LogP contribution in [0.2, 0.25) is 0 Å². The molecule has 1 atom stereocenters. The Morgan fingerprint density at radius 2 is 0.534 bits per heavy atom. The van der Waals surface area contributed by atoms with Gasteiger partial charge in [0, 0.05) is 19.3 Å². The van der Waals surface area contributed by atoms with Crippen molar-refractivity contribution in [2.45, 2.75) is 271 Å². The van der Waals surface area contributed by atoms with Crippen LogP contribution in [0.4, 0.5) is 0 Å². The monoisotopic (exact) mass is 1010 g/mol. The summed E-state index contributed by atoms with van der Waals surface area (Å²) in [6.45, 7) is 6.44. The summed E-state index contributed by atoms with van der Waals surface area (Å²) in [5, 5.41) is 0. The molecule has 0 radical (unpaired) electrons. The Morgan fingerprint density at radius 1 is 0.288 bits per heavy atom. The highest BCUT2D eigenvalue weighted by Crippen LogP contribution is 2.14. The number of carbonyl (C=O) groups excluding carboxylic acids is 3. The molecule has 6 nitrogen and oxygen atoms in total. The molecule has 6 heteroatoms. The summed E-state index contributed by atoms with van der Waals surface area (Å²) >= 11 is 0. The number of hydrogen-bond acceptors (Lipinski definition) is 6. The second kappa shape index (κ2) is 60.4. The maximum absolute atomic E-state index is 12.8. The summed E-state index contributed by atoms with van der Waals surface area (Å²) in [4.78, 5) is 38.1. The Balaban J connectivity index is 4.27. The van der Waals surface area contributed by atoms with Crippen molar-refractivity contribution in [2.24, 2.45) is 0 Å². The highest BCUT2D eigenvalue weighted by molar-refractivity contribution is 5.71. The highest BCUT2D eigenvalue weighted by atomic mass is 16.6. The summed E-state index contributed by atoms with van der Waals surface area (Å²) in [5.74, 6) is -0.926. The third kappa shape index (κ3) is 58.6. The van der Waals surface area contributed by atoms with Crippen LogP contribution >= 0.6 is 0 Å². The van der Waals surface area contributed by atoms with E-state index in [-0.39, 0.29) is 31.1 Å². The van der Waals surface area contributed by atoms with E-state index in [1.54, 1.807) is 0 Å². The van der Waals surface area contributed by atoms with Crippen molar-refractivity contribution in [1.29, 1.82) is 0 Å². The van der Waals surface area contributed by atoms with Crippen LogP contribution in [0.1, 0.15) is 265 Å². The molecular formula is C67H110O6. The minimum Gasteiger partial charge on any atom is -0.462 e. The molecule has 0 bridgehead atoms. The van der Waals surface area contributed by atoms with Gasteiger partial charge in [-0.2, -0.15) is 0 Å². The van der Waals surface area contributed by atoms with Crippen molar-refractivity contribution in [3.05, 3.63) is 122 Å². The normalized spacial score (nSPS) is 13.0. The Labute approximate surface area is 450 Å². The van der Waals surface area contributed by atoms with Crippen molar-refractivity contribution < 1.29 is 28.6 Å². The number of carbonyl (C=O) groups is 3. The zero-order chi connectivity index (χ0) is 52.9. The smallest absolute Gasteiger partial charge is 0.306 e. The highest BCUT2D eigenvalue weighted by Gasteiger charge is 2.19. The van der Waals surface area contributed by atoms with Gasteiger partial charge in [-0.15, -0.1) is 0 Å². The standard InChI is InChI=1S/C67H110O6/c1-4-7-10-13-16-19-22-25-26-27-28-29-30-31-32-33-34-35-36-37-38-39-40-41-42-43-46-48-51-54-57-60-66(69)72-63-64(73-67(70)61-58-55-52-49-45-24-21-18-15-12-9-6-3)62-71-65(68)59-56-53-50-47-44-23-20-17-14-11-8-5-2/h7,10,16-21,25-26,28-29,31-32,34-35,37-38,40-41,64H,4-6,8-9,11-15,22-24,27,30,33,36,39,42-63H2,1-3H3/b10-7-,19-16-,20-17-,21-18-,26-25-,29-28-,32-31-,35-34-,38-37-,41-40-. The van der Waals surface area contributed by atoms with Gasteiger partial charge >= 0.3 is 17.9 Å². The van der Waals surface area contributed by atoms with E-state index in [1.807, 2.05) is 0 Å². The van der Waals surface area contributed by atoms with Crippen LogP contribution < -0.4 is 0 Å². The topological polar surface area (TPSA) is 78.9 Å². The second-order valence-electron chi connectivity index (χ2n) is 19.5. The fourth-order valence-electron chi connectivity index (χ4n) is 7.92. The lowest BCUT2D eigenvalue weighted by molar-refractivity contribution is -0.167. The minimum absolute atomic E-state index is 0.0919. The largest absolute Gasteiger partial charge is 0.462 e. The summed E-state index contributed by atoms with van der Waals surface area (Å²) in [6, 6.07) is 0. The van der Waals surface area contributed by atoms with Crippen LogP contribution in [0, 0.1) is 0 Å². The number of hydrogen-bond donors (Lipinski definition) is 0. The van der Waals surface area contributed by atoms with E-state index in [0.29, 0.717) is 19.3 Å². The maximum atomic E-state index is 12.8. The van der Waals surface area contributed by atoms with Gasteiger partial charge in [0.05, 0.1) is 0 Å². The Bertz CT molecular complexity index is 1540. The SMILES string of the molecule is CC/C=C\C/C=C\C/C=C\C/C=C\C/C=C\C/C=C\C/C=C\C/C=C\CCCCCCCCC(=O)OCC(COC(=O)CCCCCCC/C=C\CCCCC)OC(=O)CCCCCCC/C=C\CCCCC. The van der Waals surface area contributed by atoms with Gasteiger partial charge in [0.1, 0.15) is 13.2 Å². The van der Waals surface area contributed by atoms with Gasteiger partial charge < -0.3 is 14.2 Å². The molecule has 0 saturated heterocycles. The van der Waals surface area contributed by atoms with Gasteiger partial charge in [-0.3, -0.25) is 14.4 Å². The van der Waals surface area contributed by atoms with Gasteiger partial charge in [0.25, 0.3) is 0 Å². The molecule has 0 aromatic rings. The average molecular weight is 1010 g/mol. The number of rotatable bonds is 53. The molecule has 0 aliphatic rings. The van der Waals surface area contributed by atoms with Gasteiger partial charge in [0.2, 0.25) is 0 Å². The molecule has 0 spiro atoms. The summed E-state index contributed by atoms with van der Waals surface area (Å²) in [5.41, 5.74) is 0. The van der Waals surface area contributed by atoms with Gasteiger partial charge in [-0.25, -0.2) is 0 Å². The molecule has 0 heterocycles. The molecule has 0 aliphatic carbocycles. The quantitative estimate of drug-likeness (QED) is 0.0261. The Morgan fingerprint density at radius 3 is 0.849 bits per heavy atom. The van der Waals surface area contributed by atoms with Crippen molar-refractivity contribution in [3.8, 4) is 0 Å². The molecule has 1 unspecified atom stereocenters. The summed E-state index contributed by atoms with van der Waals surface area (Å²) in [6.07, 6.45) is 83.4. The van der Waals surface area contributed by atoms with Crippen LogP contribution in [-0.4, -0.2) is 37.2 Å². The first-order valence-corrected chi connectivity index (χ1v) is 30.0. The van der Waals surface area contributed by atoms with Crippen molar-refractivity contribution in [2.75, 3.05) is 13.2 Å². The zero-order valence-electron chi connectivity index (χ0n) is 47.4. The van der Waals surface area contributed by atoms with Crippen molar-refractivity contribution >= 4 is 17.9 Å². The summed E-state index contributed by atoms with van der Waals surface area (Å²) < 4.78 is 16.8. The predicted octanol–water partition coefficient (Wildman–Crippen LogP) is 20.4. The lowest BCUT2D eigenvalue weighted by atomic mass is 10.1. The molecular weight excluding hydrogens is 901 g/mol. The van der Waals surface area contributed by atoms with Crippen molar-refractivity contribution in [3.63, 3.8) is 0 Å². The van der Waals surface area contributed by atoms with E-state index < -0.39 is 6.10 Å². The minimum atomic E-state index is -0.794. The predicted molar refractivity (Wildman–Crippen MR) is 316 cm³/mol. The third-order valence-corrected chi connectivity index (χ3v) is 12.4. The van der Waals surface area contributed by atoms with Crippen molar-refractivity contribution in [1.82, 2.24) is 0 Å². The van der Waals surface area contributed by atoms with Crippen LogP contribution in [0.3, 0.4) is 0 Å². The summed E-state index contributed by atoms with van der Waals surface area (Å²) in [7, 11) is 0. The zero-order valence-corrected chi connectivity index (χ0v) is 47.4. The van der Waals surface area contributed by atoms with E-state index in [1.165, 1.54) is 83.5 Å². The first-order chi connectivity index (χ1) is 36.0. The van der Waals surface area contributed by atoms with Crippen LogP contribution in [0.5, 0.6) is 0 Å². The third-order valence-electron chi connectivity index (χ3n) is 12.4. The van der Waals surface area contributed by atoms with E-state index in [9.17, 15) is 14.4 Å². The number of allylic oxidation sites excluding steroid dienone is 20. The molecule has 0 rings (SSSR count). The van der Waals surface area contributed by atoms with Crippen LogP contribution in [-0.2, 0) is 28.6 Å². The fourth-order valence-corrected chi connectivity index (χ4v) is 7.92.